The number of nitrogens with zero attached hydrogens (tertiary/aromatic N) is 1. The highest BCUT2D eigenvalue weighted by molar-refractivity contribution is 7.22. The largest absolute Gasteiger partial charge is 0.508 e. The number of phenols is 2. The molecule has 0 radical (unpaired) electrons. The highest BCUT2D eigenvalue weighted by Gasteiger charge is 2.29. The van der Waals surface area contributed by atoms with E-state index in [1.54, 1.807) is 18.2 Å². The van der Waals surface area contributed by atoms with E-state index in [9.17, 15) is 15.0 Å². The first kappa shape index (κ1) is 28.2. The van der Waals surface area contributed by atoms with Gasteiger partial charge in [0.1, 0.15) is 23.9 Å². The van der Waals surface area contributed by atoms with E-state index in [1.807, 2.05) is 51.1 Å². The summed E-state index contributed by atoms with van der Waals surface area (Å²) in [6.45, 7) is 13.2. The number of fused-ring (bicyclic) bond motifs is 1. The smallest absolute Gasteiger partial charge is 0.195 e. The van der Waals surface area contributed by atoms with Crippen LogP contribution in [0, 0.1) is 20.8 Å². The van der Waals surface area contributed by atoms with Crippen LogP contribution in [0.5, 0.6) is 17.2 Å². The molecule has 0 spiro atoms. The Bertz CT molecular complexity index is 1700. The molecule has 2 N–H and O–H groups in total. The van der Waals surface area contributed by atoms with E-state index in [2.05, 4.69) is 25.7 Å². The van der Waals surface area contributed by atoms with Crippen LogP contribution in [0.4, 0.5) is 0 Å². The molecule has 4 aromatic rings. The number of aryl methyl sites for hydroxylation is 3. The number of likely N-dealkylation sites (tertiary alicyclic amines) is 1. The van der Waals surface area contributed by atoms with E-state index in [1.165, 1.54) is 30.6 Å². The maximum absolute atomic E-state index is 14.2. The Kier molecular flexibility index (Phi) is 7.94. The lowest BCUT2D eigenvalue weighted by Gasteiger charge is -2.42. The first-order valence-electron chi connectivity index (χ1n) is 14.2. The lowest BCUT2D eigenvalue weighted by atomic mass is 9.93. The second-order valence-corrected chi connectivity index (χ2v) is 12.5. The zero-order valence-corrected chi connectivity index (χ0v) is 25.1. The van der Waals surface area contributed by atoms with Gasteiger partial charge in [-0.15, -0.1) is 11.3 Å². The van der Waals surface area contributed by atoms with E-state index in [0.29, 0.717) is 35.9 Å². The van der Waals surface area contributed by atoms with Gasteiger partial charge in [0, 0.05) is 234 Å². The van der Waals surface area contributed by atoms with Crippen molar-refractivity contribution in [1.29, 1.82) is 0 Å². The minimum absolute atomic E-state index is 0. The summed E-state index contributed by atoms with van der Waals surface area (Å²) in [5.41, 5.74) is 4.61. The van der Waals surface area contributed by atoms with Crippen molar-refractivity contribution in [2.75, 3.05) is 6.61 Å². The maximum Gasteiger partial charge on any atom is 0.195 e. The molecule has 3 aromatic carbocycles. The van der Waals surface area contributed by atoms with Crippen molar-refractivity contribution in [1.82, 2.24) is 4.90 Å². The molecule has 1 saturated heterocycles. The van der Waals surface area contributed by atoms with E-state index in [-0.39, 0.29) is 207 Å². The molecule has 40 heavy (non-hydrogen) atoms. The fraction of sp³-hybridized carbons (Fsp3) is 0.382. The third-order valence-corrected chi connectivity index (χ3v) is 9.58. The van der Waals surface area contributed by atoms with Crippen molar-refractivity contribution < 1.29 is 209 Å². The van der Waals surface area contributed by atoms with Crippen molar-refractivity contribution in [3.05, 3.63) is 76.3 Å². The van der Waals surface area contributed by atoms with Crippen molar-refractivity contribution in [3.63, 3.8) is 0 Å². The number of hydrogen-bond donors (Lipinski definition) is 2. The lowest BCUT2D eigenvalue weighted by Crippen LogP contribution is -2.50. The summed E-state index contributed by atoms with van der Waals surface area (Å²) in [7, 11) is 0. The third kappa shape index (κ3) is 5.35. The van der Waals surface area contributed by atoms with Gasteiger partial charge in [-0.2, -0.15) is 0 Å². The zero-order chi connectivity index (χ0) is 28.7. The predicted octanol–water partition coefficient (Wildman–Crippen LogP) is 40.9. The van der Waals surface area contributed by atoms with Crippen molar-refractivity contribution in [2.24, 2.45) is 0 Å². The molecule has 0 saturated carbocycles. The first-order chi connectivity index (χ1) is 19.0. The normalized spacial score (nSPS) is 18.6. The van der Waals surface area contributed by atoms with E-state index < -0.39 is 0 Å². The van der Waals surface area contributed by atoms with Crippen LogP contribution < -0.4 is 4.74 Å². The van der Waals surface area contributed by atoms with Crippen LogP contribution in [-0.4, -0.2) is 45.6 Å². The standard InChI is InChI=1S/C34H39NO4S.133H2/c1-19-14-25(36)10-12-28(19)34-32(29-16-21(3)30(37)17-31(29)40-34)33(38)27-13-11-26(15-20(27)2)39-18-24(6)35-22(4)8-7-9-23(35)5;;;;;;;;;;;;;;;;;;;;;;;;;;;;;;;;;;;;;;;;;;;;;;;;;;;;;;;;;;;;;;;;;;;;;;;;;;;;;;;;;;;;;;;;;;;;;;;;;;;;;;;;;;;;;;;;;;;;;;;;;;;;;;;;;;;;;/h10-17,22-24,36-37H,7-9,18H2,1-6H3;133*1H. The van der Waals surface area contributed by atoms with Crippen LogP contribution in [0.2, 0.25) is 0 Å². The summed E-state index contributed by atoms with van der Waals surface area (Å²) in [6, 6.07) is 16.0. The van der Waals surface area contributed by atoms with Gasteiger partial charge >= 0.3 is 0 Å². The molecule has 476 valence electrons. The molecule has 5 rings (SSSR count). The Morgan fingerprint density at radius 3 is 2.40 bits per heavy atom. The van der Waals surface area contributed by atoms with Gasteiger partial charge < -0.3 is 14.9 Å². The van der Waals surface area contributed by atoms with E-state index in [4.69, 9.17) is 4.74 Å². The molecule has 6 heteroatoms. The minimum Gasteiger partial charge on any atom is -0.508 e. The number of piperidine rings is 1. The maximum atomic E-state index is 14.2. The summed E-state index contributed by atoms with van der Waals surface area (Å²) in [5, 5.41) is 21.2. The average Bonchev–Trinajstić information content (AvgIpc) is 3.24. The Hall–Kier alpha value is -3.35. The molecule has 3 atom stereocenters. The lowest BCUT2D eigenvalue weighted by molar-refractivity contribution is 0.0397. The van der Waals surface area contributed by atoms with E-state index in [0.717, 1.165) is 43.0 Å². The first-order valence-corrected chi connectivity index (χ1v) is 15.0. The Labute approximate surface area is 438 Å². The zero-order valence-electron chi connectivity index (χ0n) is 24.2. The van der Waals surface area contributed by atoms with Crippen molar-refractivity contribution in [2.45, 2.75) is 78.9 Å². The van der Waals surface area contributed by atoms with Crippen LogP contribution in [0.1, 0.15) is 262 Å². The second kappa shape index (κ2) is 11.3. The minimum atomic E-state index is -0.0628. The van der Waals surface area contributed by atoms with Gasteiger partial charge in [0.15, 0.2) is 5.78 Å². The van der Waals surface area contributed by atoms with Crippen LogP contribution in [0.3, 0.4) is 0 Å². The summed E-state index contributed by atoms with van der Waals surface area (Å²) >= 11 is 1.49. The summed E-state index contributed by atoms with van der Waals surface area (Å²) in [5.74, 6) is 1.10. The average molecular weight is 826 g/mol. The molecule has 0 aliphatic carbocycles. The number of carbonyl (C=O) groups excluding carboxylic acids is 1. The number of thiophene rings is 1. The molecule has 3 unspecified atom stereocenters. The van der Waals surface area contributed by atoms with Gasteiger partial charge in [-0.1, -0.05) is 6.42 Å². The molecule has 0 bridgehead atoms. The molecule has 5 nitrogen and oxygen atoms in total. The number of ether oxygens (including phenoxy) is 1. The van der Waals surface area contributed by atoms with Gasteiger partial charge in [0.25, 0.3) is 0 Å². The van der Waals surface area contributed by atoms with Gasteiger partial charge in [0.2, 0.25) is 0 Å². The summed E-state index contributed by atoms with van der Waals surface area (Å²) in [4.78, 5) is 17.6. The van der Waals surface area contributed by atoms with Crippen LogP contribution in [0.15, 0.2) is 48.5 Å². The van der Waals surface area contributed by atoms with Gasteiger partial charge in [0.05, 0.1) is 0 Å². The molecule has 1 aliphatic heterocycles. The fourth-order valence-electron chi connectivity index (χ4n) is 6.29. The number of carbonyl (C=O) groups is 1. The van der Waals surface area contributed by atoms with E-state index >= 15 is 0 Å². The highest BCUT2D eigenvalue weighted by Crippen LogP contribution is 2.44. The van der Waals surface area contributed by atoms with Gasteiger partial charge in [-0.3, -0.25) is 9.69 Å². The predicted molar refractivity (Wildman–Crippen MR) is 445 cm³/mol. The summed E-state index contributed by atoms with van der Waals surface area (Å²) < 4.78 is 7.09. The third-order valence-electron chi connectivity index (χ3n) is 8.39. The number of ketones is 1. The number of phenolic OH excluding ortho intramolecular Hbond substituents is 2. The second-order valence-electron chi connectivity index (χ2n) is 11.5. The number of rotatable bonds is 7. The van der Waals surface area contributed by atoms with Gasteiger partial charge in [-0.25, -0.2) is 0 Å². The topological polar surface area (TPSA) is 70.0 Å². The molecular formula is C34H305NO4S. The Morgan fingerprint density at radius 1 is 1.00 bits per heavy atom. The number of hydrogen-bond acceptors (Lipinski definition) is 6. The van der Waals surface area contributed by atoms with Crippen LogP contribution in [0.25, 0.3) is 20.5 Å². The molecule has 1 fully saturated rings. The summed E-state index contributed by atoms with van der Waals surface area (Å²) in [6.07, 6.45) is 3.74. The molecular weight excluding hydrogens is 518 g/mol. The molecule has 2 heterocycles. The highest BCUT2D eigenvalue weighted by atomic mass is 32.1. The quantitative estimate of drug-likeness (QED) is 0.182. The Morgan fingerprint density at radius 2 is 1.73 bits per heavy atom. The van der Waals surface area contributed by atoms with Gasteiger partial charge in [-0.05, 0) is 125 Å². The van der Waals surface area contributed by atoms with Crippen LogP contribution >= 0.6 is 11.3 Å². The number of aromatic hydroxyl groups is 2. The molecule has 0 amide bonds. The van der Waals surface area contributed by atoms with Crippen molar-refractivity contribution in [3.8, 4) is 27.7 Å². The molecule has 1 aromatic heterocycles. The van der Waals surface area contributed by atoms with Crippen LogP contribution in [-0.2, 0) is 0 Å². The Balaban J connectivity index is -0.00000000115. The fourth-order valence-corrected chi connectivity index (χ4v) is 7.59. The molecule has 1 aliphatic rings. The number of benzene rings is 3. The SMILES string of the molecule is Cc1cc2c(C(=O)c3ccc(OCC(C)N4C(C)CCCC4C)cc3C)c(-c3ccc(O)cc3C)sc2cc1O.[HH].[HH].[HH].[HH].[HH].[HH].[HH].[HH].[HH].[HH].[HH].[HH].[HH].[HH].[HH].[HH].[HH].[HH].[HH].[HH].[HH].[HH].[HH].[HH].[HH].[HH].[HH].[HH].[HH].[HH].[HH].[HH].[HH].[HH].[HH].[HH].[HH].[HH].[HH].[HH].[HH].[HH].[HH].[HH].[HH].[HH].[HH].[HH].[HH].[HH].[HH].[HH].[HH].[HH].[HH].[HH].[HH].[HH].[HH].[HH].[HH].[HH].[HH].[HH].[HH].[HH].[HH].[HH].[HH].[HH].[HH].[HH].[HH].[HH].[HH].[HH].[HH].[HH].[HH].[HH].[HH].[HH].[HH].[HH].[HH].[HH].[HH].[HH].[HH].[HH].[HH].[HH].[HH].[HH].[HH].[HH].[HH].[HH].[HH].[HH].[HH].[HH].[HH].[HH].[HH].[HH].[HH].[HH].[HH].[HH].[HH].[HH].[HH].[HH].[HH].[HH].[HH].[HH].[HH].[HH].[HH].[HH].[HH].[HH].[HH].[HH].[HH].[HH].[HH].[HH].[HH].[HH].[HH]. The van der Waals surface area contributed by atoms with Crippen molar-refractivity contribution >= 4 is 27.2 Å². The monoisotopic (exact) mass is 825 g/mol.